The number of carbonyl (C=O) groups excluding carboxylic acids is 2. The molecule has 0 aliphatic carbocycles. The second-order valence-corrected chi connectivity index (χ2v) is 5.05. The van der Waals surface area contributed by atoms with E-state index in [0.717, 1.165) is 0 Å². The van der Waals surface area contributed by atoms with Gasteiger partial charge < -0.3 is 20.1 Å². The Morgan fingerprint density at radius 3 is 2.42 bits per heavy atom. The van der Waals surface area contributed by atoms with Gasteiger partial charge in [0.2, 0.25) is 17.7 Å². The lowest BCUT2D eigenvalue weighted by Gasteiger charge is -2.13. The lowest BCUT2D eigenvalue weighted by Crippen LogP contribution is -2.40. The first-order valence-corrected chi connectivity index (χ1v) is 7.34. The van der Waals surface area contributed by atoms with Crippen molar-refractivity contribution in [2.75, 3.05) is 12.4 Å². The Labute approximate surface area is 140 Å². The Hall–Kier alpha value is -3.09. The summed E-state index contributed by atoms with van der Waals surface area (Å²) in [6.45, 7) is 2.96. The second kappa shape index (κ2) is 7.96. The molecule has 0 bridgehead atoms. The molecule has 2 aromatic rings. The Morgan fingerprint density at radius 1 is 1.12 bits per heavy atom. The smallest absolute Gasteiger partial charge is 0.246 e. The monoisotopic (exact) mass is 329 g/mol. The number of amides is 2. The summed E-state index contributed by atoms with van der Waals surface area (Å²) in [6, 6.07) is 9.89. The molecule has 1 aromatic heterocycles. The van der Waals surface area contributed by atoms with Gasteiger partial charge in [-0.2, -0.15) is 0 Å². The van der Waals surface area contributed by atoms with Crippen LogP contribution in [0.25, 0.3) is 0 Å². The summed E-state index contributed by atoms with van der Waals surface area (Å²) in [5, 5.41) is 5.17. The molecule has 0 spiro atoms. The molecule has 7 heteroatoms. The van der Waals surface area contributed by atoms with Gasteiger partial charge in [-0.1, -0.05) is 12.1 Å². The zero-order valence-corrected chi connectivity index (χ0v) is 13.7. The van der Waals surface area contributed by atoms with Gasteiger partial charge in [0, 0.05) is 13.0 Å². The van der Waals surface area contributed by atoms with Crippen LogP contribution < -0.4 is 20.1 Å². The van der Waals surface area contributed by atoms with Crippen LogP contribution in [0.5, 0.6) is 17.4 Å². The lowest BCUT2D eigenvalue weighted by atomic mass is 10.3. The quantitative estimate of drug-likeness (QED) is 0.849. The summed E-state index contributed by atoms with van der Waals surface area (Å²) in [5.41, 5.74) is 0.504. The number of aromatic nitrogens is 1. The minimum Gasteiger partial charge on any atom is -0.493 e. The number of rotatable bonds is 6. The standard InChI is InChI=1S/C17H19N3O4/c1-11(19-12(2)21)17(22)20-13-8-9-16(18-10-13)24-15-7-5-4-6-14(15)23-3/h4-11H,1-3H3,(H,19,21)(H,20,22)/t11-/m0/s1. The molecule has 24 heavy (non-hydrogen) atoms. The fraction of sp³-hybridized carbons (Fsp3) is 0.235. The Bertz CT molecular complexity index is 716. The van der Waals surface area contributed by atoms with E-state index in [1.54, 1.807) is 38.3 Å². The van der Waals surface area contributed by atoms with Crippen molar-refractivity contribution in [3.63, 3.8) is 0 Å². The number of methoxy groups -OCH3 is 1. The highest BCUT2D eigenvalue weighted by molar-refractivity contribution is 5.96. The van der Waals surface area contributed by atoms with Gasteiger partial charge in [0.1, 0.15) is 6.04 Å². The predicted octanol–water partition coefficient (Wildman–Crippen LogP) is 2.35. The number of nitrogens with zero attached hydrogens (tertiary/aromatic N) is 1. The third-order valence-corrected chi connectivity index (χ3v) is 3.10. The molecular weight excluding hydrogens is 310 g/mol. The topological polar surface area (TPSA) is 89.5 Å². The number of nitrogens with one attached hydrogen (secondary N) is 2. The number of ether oxygens (including phenoxy) is 2. The number of anilines is 1. The third-order valence-electron chi connectivity index (χ3n) is 3.10. The van der Waals surface area contributed by atoms with Crippen molar-refractivity contribution in [3.05, 3.63) is 42.6 Å². The van der Waals surface area contributed by atoms with Gasteiger partial charge >= 0.3 is 0 Å². The van der Waals surface area contributed by atoms with E-state index in [0.29, 0.717) is 23.1 Å². The van der Waals surface area contributed by atoms with E-state index in [-0.39, 0.29) is 11.8 Å². The van der Waals surface area contributed by atoms with Crippen molar-refractivity contribution in [3.8, 4) is 17.4 Å². The van der Waals surface area contributed by atoms with E-state index in [2.05, 4.69) is 15.6 Å². The average molecular weight is 329 g/mol. The molecule has 126 valence electrons. The van der Waals surface area contributed by atoms with E-state index < -0.39 is 6.04 Å². The molecule has 2 N–H and O–H groups in total. The van der Waals surface area contributed by atoms with Gasteiger partial charge in [0.05, 0.1) is 19.0 Å². The van der Waals surface area contributed by atoms with Crippen LogP contribution in [-0.4, -0.2) is 29.9 Å². The van der Waals surface area contributed by atoms with Crippen molar-refractivity contribution < 1.29 is 19.1 Å². The molecule has 2 amide bonds. The SMILES string of the molecule is COc1ccccc1Oc1ccc(NC(=O)[C@H](C)NC(C)=O)cn1. The molecule has 0 radical (unpaired) electrons. The van der Waals surface area contributed by atoms with Crippen LogP contribution in [0.4, 0.5) is 5.69 Å². The first-order valence-electron chi connectivity index (χ1n) is 7.34. The van der Waals surface area contributed by atoms with Gasteiger partial charge in [-0.3, -0.25) is 9.59 Å². The van der Waals surface area contributed by atoms with Crippen molar-refractivity contribution in [2.45, 2.75) is 19.9 Å². The third kappa shape index (κ3) is 4.70. The van der Waals surface area contributed by atoms with E-state index in [9.17, 15) is 9.59 Å². The molecule has 2 rings (SSSR count). The van der Waals surface area contributed by atoms with Crippen molar-refractivity contribution in [1.29, 1.82) is 0 Å². The number of hydrogen-bond acceptors (Lipinski definition) is 5. The first kappa shape index (κ1) is 17.3. The number of hydrogen-bond donors (Lipinski definition) is 2. The van der Waals surface area contributed by atoms with Gasteiger partial charge in [-0.05, 0) is 25.1 Å². The zero-order chi connectivity index (χ0) is 17.5. The number of benzene rings is 1. The normalized spacial score (nSPS) is 11.3. The summed E-state index contributed by atoms with van der Waals surface area (Å²) >= 11 is 0. The largest absolute Gasteiger partial charge is 0.493 e. The molecule has 0 saturated heterocycles. The number of pyridine rings is 1. The fourth-order valence-corrected chi connectivity index (χ4v) is 1.95. The maximum absolute atomic E-state index is 11.9. The van der Waals surface area contributed by atoms with Gasteiger partial charge in [-0.15, -0.1) is 0 Å². The van der Waals surface area contributed by atoms with Crippen LogP contribution in [0.1, 0.15) is 13.8 Å². The average Bonchev–Trinajstić information content (AvgIpc) is 2.56. The Morgan fingerprint density at radius 2 is 1.83 bits per heavy atom. The van der Waals surface area contributed by atoms with Gasteiger partial charge in [0.15, 0.2) is 11.5 Å². The molecule has 0 saturated carbocycles. The van der Waals surface area contributed by atoms with Crippen LogP contribution in [0.15, 0.2) is 42.6 Å². The van der Waals surface area contributed by atoms with E-state index in [4.69, 9.17) is 9.47 Å². The number of para-hydroxylation sites is 2. The maximum Gasteiger partial charge on any atom is 0.246 e. The van der Waals surface area contributed by atoms with Crippen LogP contribution in [0.3, 0.4) is 0 Å². The Balaban J connectivity index is 2.00. The summed E-state index contributed by atoms with van der Waals surface area (Å²) in [4.78, 5) is 27.0. The summed E-state index contributed by atoms with van der Waals surface area (Å²) in [6.07, 6.45) is 1.48. The minimum atomic E-state index is -0.632. The zero-order valence-electron chi connectivity index (χ0n) is 13.7. The highest BCUT2D eigenvalue weighted by atomic mass is 16.5. The Kier molecular flexibility index (Phi) is 5.73. The van der Waals surface area contributed by atoms with Gasteiger partial charge in [0.25, 0.3) is 0 Å². The van der Waals surface area contributed by atoms with Crippen molar-refractivity contribution in [2.24, 2.45) is 0 Å². The summed E-state index contributed by atoms with van der Waals surface area (Å²) in [5.74, 6) is 0.915. The van der Waals surface area contributed by atoms with E-state index in [1.165, 1.54) is 13.1 Å². The second-order valence-electron chi connectivity index (χ2n) is 5.05. The van der Waals surface area contributed by atoms with Crippen LogP contribution in [0.2, 0.25) is 0 Å². The summed E-state index contributed by atoms with van der Waals surface area (Å²) in [7, 11) is 1.56. The lowest BCUT2D eigenvalue weighted by molar-refractivity contribution is -0.124. The minimum absolute atomic E-state index is 0.267. The molecule has 0 aliphatic heterocycles. The van der Waals surface area contributed by atoms with Crippen LogP contribution in [-0.2, 0) is 9.59 Å². The van der Waals surface area contributed by atoms with E-state index >= 15 is 0 Å². The maximum atomic E-state index is 11.9. The summed E-state index contributed by atoms with van der Waals surface area (Å²) < 4.78 is 10.9. The molecule has 1 atom stereocenters. The van der Waals surface area contributed by atoms with Crippen LogP contribution in [0, 0.1) is 0 Å². The fourth-order valence-electron chi connectivity index (χ4n) is 1.95. The molecular formula is C17H19N3O4. The highest BCUT2D eigenvalue weighted by Crippen LogP contribution is 2.30. The molecule has 0 aliphatic rings. The molecule has 0 fully saturated rings. The van der Waals surface area contributed by atoms with Crippen molar-refractivity contribution >= 4 is 17.5 Å². The van der Waals surface area contributed by atoms with Gasteiger partial charge in [-0.25, -0.2) is 4.98 Å². The molecule has 1 aromatic carbocycles. The molecule has 0 unspecified atom stereocenters. The first-order chi connectivity index (χ1) is 11.5. The molecule has 7 nitrogen and oxygen atoms in total. The van der Waals surface area contributed by atoms with Crippen LogP contribution >= 0.6 is 0 Å². The predicted molar refractivity (Wildman–Crippen MR) is 89.2 cm³/mol. The number of carbonyl (C=O) groups is 2. The van der Waals surface area contributed by atoms with Crippen molar-refractivity contribution in [1.82, 2.24) is 10.3 Å². The highest BCUT2D eigenvalue weighted by Gasteiger charge is 2.14. The van der Waals surface area contributed by atoms with E-state index in [1.807, 2.05) is 12.1 Å². The molecule has 1 heterocycles.